The SMILES string of the molecule is CCC(C)CC(C)NCCCCC#N. The summed E-state index contributed by atoms with van der Waals surface area (Å²) in [5.41, 5.74) is 0. The van der Waals surface area contributed by atoms with Gasteiger partial charge in [-0.3, -0.25) is 0 Å². The first-order chi connectivity index (χ1) is 6.70. The molecule has 2 unspecified atom stereocenters. The van der Waals surface area contributed by atoms with Gasteiger partial charge in [0, 0.05) is 12.5 Å². The largest absolute Gasteiger partial charge is 0.314 e. The monoisotopic (exact) mass is 196 g/mol. The van der Waals surface area contributed by atoms with Crippen molar-refractivity contribution in [2.75, 3.05) is 6.54 Å². The van der Waals surface area contributed by atoms with E-state index in [4.69, 9.17) is 5.26 Å². The molecule has 0 amide bonds. The first-order valence-electron chi connectivity index (χ1n) is 5.81. The summed E-state index contributed by atoms with van der Waals surface area (Å²) in [6.07, 6.45) is 5.37. The quantitative estimate of drug-likeness (QED) is 0.605. The second kappa shape index (κ2) is 9.02. The molecule has 0 saturated carbocycles. The Morgan fingerprint density at radius 2 is 2.00 bits per heavy atom. The van der Waals surface area contributed by atoms with E-state index in [9.17, 15) is 0 Å². The van der Waals surface area contributed by atoms with Crippen LogP contribution < -0.4 is 5.32 Å². The Kier molecular flexibility index (Phi) is 8.67. The Morgan fingerprint density at radius 3 is 2.57 bits per heavy atom. The lowest BCUT2D eigenvalue weighted by Gasteiger charge is -2.17. The van der Waals surface area contributed by atoms with Crippen LogP contribution in [-0.4, -0.2) is 12.6 Å². The Morgan fingerprint density at radius 1 is 1.29 bits per heavy atom. The van der Waals surface area contributed by atoms with Crippen molar-refractivity contribution in [3.05, 3.63) is 0 Å². The van der Waals surface area contributed by atoms with Crippen molar-refractivity contribution in [2.45, 2.75) is 58.9 Å². The number of nitrogens with zero attached hydrogens (tertiary/aromatic N) is 1. The van der Waals surface area contributed by atoms with Crippen molar-refractivity contribution in [3.8, 4) is 6.07 Å². The molecule has 0 aromatic heterocycles. The number of rotatable bonds is 8. The summed E-state index contributed by atoms with van der Waals surface area (Å²) < 4.78 is 0. The van der Waals surface area contributed by atoms with Gasteiger partial charge in [0.15, 0.2) is 0 Å². The molecule has 0 bridgehead atoms. The van der Waals surface area contributed by atoms with E-state index in [0.29, 0.717) is 12.5 Å². The van der Waals surface area contributed by atoms with E-state index >= 15 is 0 Å². The summed E-state index contributed by atoms with van der Waals surface area (Å²) in [6, 6.07) is 2.79. The standard InChI is InChI=1S/C12H24N2/c1-4-11(2)10-12(3)14-9-7-5-6-8-13/h11-12,14H,4-7,9-10H2,1-3H3. The van der Waals surface area contributed by atoms with Crippen LogP contribution in [0.25, 0.3) is 0 Å². The fourth-order valence-corrected chi connectivity index (χ4v) is 1.53. The van der Waals surface area contributed by atoms with Crippen LogP contribution in [0.3, 0.4) is 0 Å². The summed E-state index contributed by atoms with van der Waals surface area (Å²) >= 11 is 0. The number of hydrogen-bond donors (Lipinski definition) is 1. The van der Waals surface area contributed by atoms with Gasteiger partial charge in [0.25, 0.3) is 0 Å². The van der Waals surface area contributed by atoms with Crippen molar-refractivity contribution in [2.24, 2.45) is 5.92 Å². The number of unbranched alkanes of at least 4 members (excludes halogenated alkanes) is 2. The lowest BCUT2D eigenvalue weighted by Crippen LogP contribution is -2.28. The van der Waals surface area contributed by atoms with Crippen LogP contribution in [0, 0.1) is 17.2 Å². The molecule has 82 valence electrons. The van der Waals surface area contributed by atoms with Crippen molar-refractivity contribution in [1.82, 2.24) is 5.32 Å². The fourth-order valence-electron chi connectivity index (χ4n) is 1.53. The van der Waals surface area contributed by atoms with Crippen molar-refractivity contribution in [1.29, 1.82) is 5.26 Å². The highest BCUT2D eigenvalue weighted by Crippen LogP contribution is 2.09. The summed E-state index contributed by atoms with van der Waals surface area (Å²) in [5, 5.41) is 11.9. The van der Waals surface area contributed by atoms with Crippen LogP contribution in [0.5, 0.6) is 0 Å². The first kappa shape index (κ1) is 13.4. The van der Waals surface area contributed by atoms with Gasteiger partial charge in [-0.2, -0.15) is 5.26 Å². The lowest BCUT2D eigenvalue weighted by atomic mass is 10.0. The average molecular weight is 196 g/mol. The minimum Gasteiger partial charge on any atom is -0.314 e. The third-order valence-electron chi connectivity index (χ3n) is 2.66. The molecule has 2 heteroatoms. The third kappa shape index (κ3) is 8.07. The maximum Gasteiger partial charge on any atom is 0.0621 e. The smallest absolute Gasteiger partial charge is 0.0621 e. The van der Waals surface area contributed by atoms with E-state index in [1.54, 1.807) is 0 Å². The zero-order chi connectivity index (χ0) is 10.8. The predicted octanol–water partition coefficient (Wildman–Crippen LogP) is 3.09. The summed E-state index contributed by atoms with van der Waals surface area (Å²) in [7, 11) is 0. The molecule has 14 heavy (non-hydrogen) atoms. The molecule has 0 aromatic rings. The van der Waals surface area contributed by atoms with Crippen LogP contribution in [-0.2, 0) is 0 Å². The van der Waals surface area contributed by atoms with Crippen LogP contribution in [0.2, 0.25) is 0 Å². The highest BCUT2D eigenvalue weighted by molar-refractivity contribution is 4.69. The average Bonchev–Trinajstić information content (AvgIpc) is 2.17. The maximum atomic E-state index is 8.36. The predicted molar refractivity (Wildman–Crippen MR) is 61.0 cm³/mol. The van der Waals surface area contributed by atoms with Crippen molar-refractivity contribution < 1.29 is 0 Å². The Balaban J connectivity index is 3.27. The Labute approximate surface area is 88.7 Å². The van der Waals surface area contributed by atoms with Gasteiger partial charge in [0.05, 0.1) is 6.07 Å². The van der Waals surface area contributed by atoms with E-state index in [1.807, 2.05) is 0 Å². The molecule has 2 nitrogen and oxygen atoms in total. The molecule has 0 aliphatic rings. The number of nitrogens with one attached hydrogen (secondary N) is 1. The zero-order valence-electron chi connectivity index (χ0n) is 9.84. The minimum atomic E-state index is 0.618. The van der Waals surface area contributed by atoms with Gasteiger partial charge in [-0.05, 0) is 38.6 Å². The molecular weight excluding hydrogens is 172 g/mol. The van der Waals surface area contributed by atoms with E-state index in [2.05, 4.69) is 32.2 Å². The number of nitriles is 1. The molecule has 0 saturated heterocycles. The molecule has 0 spiro atoms. The van der Waals surface area contributed by atoms with Crippen LogP contribution >= 0.6 is 0 Å². The summed E-state index contributed by atoms with van der Waals surface area (Å²) in [5.74, 6) is 0.816. The Bertz CT molecular complexity index is 160. The van der Waals surface area contributed by atoms with Gasteiger partial charge in [-0.1, -0.05) is 20.3 Å². The highest BCUT2D eigenvalue weighted by atomic mass is 14.9. The van der Waals surface area contributed by atoms with E-state index in [-0.39, 0.29) is 0 Å². The van der Waals surface area contributed by atoms with Gasteiger partial charge >= 0.3 is 0 Å². The molecule has 0 radical (unpaired) electrons. The molecular formula is C12H24N2. The Hall–Kier alpha value is -0.550. The molecule has 0 aromatic carbocycles. The highest BCUT2D eigenvalue weighted by Gasteiger charge is 2.05. The van der Waals surface area contributed by atoms with Crippen molar-refractivity contribution in [3.63, 3.8) is 0 Å². The topological polar surface area (TPSA) is 35.8 Å². The lowest BCUT2D eigenvalue weighted by molar-refractivity contribution is 0.410. The van der Waals surface area contributed by atoms with Crippen molar-refractivity contribution >= 4 is 0 Å². The second-order valence-corrected chi connectivity index (χ2v) is 4.22. The second-order valence-electron chi connectivity index (χ2n) is 4.22. The van der Waals surface area contributed by atoms with E-state index in [1.165, 1.54) is 12.8 Å². The van der Waals surface area contributed by atoms with Gasteiger partial charge in [-0.15, -0.1) is 0 Å². The van der Waals surface area contributed by atoms with E-state index in [0.717, 1.165) is 25.3 Å². The molecule has 0 aliphatic heterocycles. The number of hydrogen-bond acceptors (Lipinski definition) is 2. The summed E-state index contributed by atoms with van der Waals surface area (Å²) in [4.78, 5) is 0. The summed E-state index contributed by atoms with van der Waals surface area (Å²) in [6.45, 7) is 7.84. The van der Waals surface area contributed by atoms with Gasteiger partial charge in [0.2, 0.25) is 0 Å². The molecule has 1 N–H and O–H groups in total. The zero-order valence-corrected chi connectivity index (χ0v) is 9.84. The normalized spacial score (nSPS) is 14.7. The third-order valence-corrected chi connectivity index (χ3v) is 2.66. The minimum absolute atomic E-state index is 0.618. The molecule has 0 fully saturated rings. The fraction of sp³-hybridized carbons (Fsp3) is 0.917. The molecule has 0 heterocycles. The van der Waals surface area contributed by atoms with Crippen LogP contribution in [0.15, 0.2) is 0 Å². The first-order valence-corrected chi connectivity index (χ1v) is 5.81. The van der Waals surface area contributed by atoms with Gasteiger partial charge in [0.1, 0.15) is 0 Å². The van der Waals surface area contributed by atoms with Crippen LogP contribution in [0.4, 0.5) is 0 Å². The van der Waals surface area contributed by atoms with E-state index < -0.39 is 0 Å². The van der Waals surface area contributed by atoms with Gasteiger partial charge in [-0.25, -0.2) is 0 Å². The molecule has 0 aliphatic carbocycles. The van der Waals surface area contributed by atoms with Gasteiger partial charge < -0.3 is 5.32 Å². The molecule has 0 rings (SSSR count). The van der Waals surface area contributed by atoms with Crippen LogP contribution in [0.1, 0.15) is 52.9 Å². The maximum absolute atomic E-state index is 8.36. The molecule has 2 atom stereocenters.